The Morgan fingerprint density at radius 2 is 2.00 bits per heavy atom. The van der Waals surface area contributed by atoms with Crippen LogP contribution in [0.5, 0.6) is 0 Å². The number of nitrogen functional groups attached to an aromatic ring is 1. The van der Waals surface area contributed by atoms with Gasteiger partial charge in [-0.1, -0.05) is 17.7 Å². The maximum absolute atomic E-state index is 11.1. The lowest BCUT2D eigenvalue weighted by molar-refractivity contribution is 1.24. The molecular weight excluding hydrogens is 212 g/mol. The highest BCUT2D eigenvalue weighted by Crippen LogP contribution is 2.26. The molecule has 2 rings (SSSR count). The lowest BCUT2D eigenvalue weighted by Crippen LogP contribution is -2.04. The molecule has 0 unspecified atom stereocenters. The molecule has 2 aromatic rings. The van der Waals surface area contributed by atoms with Gasteiger partial charge in [0.2, 0.25) is 5.56 Å². The molecule has 1 aromatic carbocycles. The molecule has 1 aromatic heterocycles. The van der Waals surface area contributed by atoms with E-state index in [1.165, 1.54) is 6.07 Å². The van der Waals surface area contributed by atoms with Crippen LogP contribution < -0.4 is 11.3 Å². The van der Waals surface area contributed by atoms with Crippen molar-refractivity contribution in [2.24, 2.45) is 0 Å². The fourth-order valence-corrected chi connectivity index (χ4v) is 1.54. The molecule has 0 fully saturated rings. The van der Waals surface area contributed by atoms with E-state index in [0.717, 1.165) is 5.56 Å². The van der Waals surface area contributed by atoms with E-state index in [9.17, 15) is 4.79 Å². The van der Waals surface area contributed by atoms with E-state index in [4.69, 9.17) is 17.3 Å². The number of rotatable bonds is 1. The summed E-state index contributed by atoms with van der Waals surface area (Å²) >= 11 is 5.86. The first-order chi connectivity index (χ1) is 7.16. The summed E-state index contributed by atoms with van der Waals surface area (Å²) < 4.78 is 0. The van der Waals surface area contributed by atoms with Gasteiger partial charge in [0.1, 0.15) is 0 Å². The molecule has 0 aliphatic carbocycles. The van der Waals surface area contributed by atoms with E-state index in [-0.39, 0.29) is 5.56 Å². The van der Waals surface area contributed by atoms with Crippen molar-refractivity contribution >= 4 is 17.3 Å². The van der Waals surface area contributed by atoms with E-state index >= 15 is 0 Å². The number of aromatic nitrogens is 1. The van der Waals surface area contributed by atoms with Crippen LogP contribution >= 0.6 is 11.6 Å². The first kappa shape index (κ1) is 9.80. The average molecular weight is 221 g/mol. The highest BCUT2D eigenvalue weighted by Gasteiger charge is 2.03. The Labute approximate surface area is 91.5 Å². The van der Waals surface area contributed by atoms with Crippen LogP contribution in [0.3, 0.4) is 0 Å². The minimum absolute atomic E-state index is 0.160. The number of anilines is 1. The Balaban J connectivity index is 2.63. The van der Waals surface area contributed by atoms with E-state index in [0.29, 0.717) is 16.4 Å². The SMILES string of the molecule is Nc1ccc(Cl)cc1-c1cccc(=O)[nH]1. The molecule has 0 saturated carbocycles. The van der Waals surface area contributed by atoms with Crippen molar-refractivity contribution in [2.75, 3.05) is 5.73 Å². The highest BCUT2D eigenvalue weighted by atomic mass is 35.5. The summed E-state index contributed by atoms with van der Waals surface area (Å²) in [5.74, 6) is 0. The van der Waals surface area contributed by atoms with Gasteiger partial charge in [-0.15, -0.1) is 0 Å². The normalized spacial score (nSPS) is 10.2. The van der Waals surface area contributed by atoms with Gasteiger partial charge in [0.25, 0.3) is 0 Å². The molecule has 0 radical (unpaired) electrons. The molecule has 0 amide bonds. The summed E-state index contributed by atoms with van der Waals surface area (Å²) in [7, 11) is 0. The van der Waals surface area contributed by atoms with Gasteiger partial charge in [-0.3, -0.25) is 4.79 Å². The van der Waals surface area contributed by atoms with Crippen LogP contribution in [-0.2, 0) is 0 Å². The van der Waals surface area contributed by atoms with Gasteiger partial charge in [0, 0.05) is 22.3 Å². The number of aromatic amines is 1. The average Bonchev–Trinajstić information content (AvgIpc) is 2.22. The monoisotopic (exact) mass is 220 g/mol. The molecule has 0 bridgehead atoms. The van der Waals surface area contributed by atoms with Crippen LogP contribution in [0.15, 0.2) is 41.2 Å². The Morgan fingerprint density at radius 3 is 2.73 bits per heavy atom. The summed E-state index contributed by atoms with van der Waals surface area (Å²) in [6.07, 6.45) is 0. The van der Waals surface area contributed by atoms with Crippen LogP contribution in [0.25, 0.3) is 11.3 Å². The second kappa shape index (κ2) is 3.79. The maximum Gasteiger partial charge on any atom is 0.248 e. The molecule has 0 atom stereocenters. The largest absolute Gasteiger partial charge is 0.398 e. The topological polar surface area (TPSA) is 58.9 Å². The van der Waals surface area contributed by atoms with Crippen molar-refractivity contribution in [1.29, 1.82) is 0 Å². The van der Waals surface area contributed by atoms with E-state index in [2.05, 4.69) is 4.98 Å². The number of benzene rings is 1. The van der Waals surface area contributed by atoms with Crippen LogP contribution in [0.4, 0.5) is 5.69 Å². The fraction of sp³-hybridized carbons (Fsp3) is 0. The minimum Gasteiger partial charge on any atom is -0.398 e. The van der Waals surface area contributed by atoms with E-state index in [1.807, 2.05) is 0 Å². The quantitative estimate of drug-likeness (QED) is 0.725. The molecular formula is C11H9ClN2O. The third-order valence-corrected chi connectivity index (χ3v) is 2.31. The first-order valence-electron chi connectivity index (χ1n) is 4.41. The van der Waals surface area contributed by atoms with E-state index in [1.54, 1.807) is 30.3 Å². The standard InChI is InChI=1S/C11H9ClN2O/c12-7-4-5-9(13)8(6-7)10-2-1-3-11(15)14-10/h1-6H,13H2,(H,14,15). The molecule has 0 spiro atoms. The zero-order chi connectivity index (χ0) is 10.8. The lowest BCUT2D eigenvalue weighted by atomic mass is 10.1. The molecule has 3 N–H and O–H groups in total. The van der Waals surface area contributed by atoms with Crippen molar-refractivity contribution in [3.8, 4) is 11.3 Å². The van der Waals surface area contributed by atoms with Crippen molar-refractivity contribution in [3.05, 3.63) is 51.8 Å². The number of hydrogen-bond donors (Lipinski definition) is 2. The van der Waals surface area contributed by atoms with Gasteiger partial charge < -0.3 is 10.7 Å². The first-order valence-corrected chi connectivity index (χ1v) is 4.79. The van der Waals surface area contributed by atoms with Gasteiger partial charge in [-0.05, 0) is 24.3 Å². The fourth-order valence-electron chi connectivity index (χ4n) is 1.37. The number of nitrogens with one attached hydrogen (secondary N) is 1. The second-order valence-electron chi connectivity index (χ2n) is 3.16. The Hall–Kier alpha value is -1.74. The van der Waals surface area contributed by atoms with Crippen LogP contribution in [-0.4, -0.2) is 4.98 Å². The Bertz CT molecular complexity index is 548. The zero-order valence-electron chi connectivity index (χ0n) is 7.83. The van der Waals surface area contributed by atoms with Gasteiger partial charge in [0.05, 0.1) is 5.69 Å². The van der Waals surface area contributed by atoms with Crippen LogP contribution in [0.2, 0.25) is 5.02 Å². The van der Waals surface area contributed by atoms with Crippen LogP contribution in [0, 0.1) is 0 Å². The van der Waals surface area contributed by atoms with Gasteiger partial charge in [-0.2, -0.15) is 0 Å². The number of halogens is 1. The smallest absolute Gasteiger partial charge is 0.248 e. The van der Waals surface area contributed by atoms with Gasteiger partial charge in [-0.25, -0.2) is 0 Å². The number of nitrogens with two attached hydrogens (primary N) is 1. The van der Waals surface area contributed by atoms with Crippen molar-refractivity contribution in [2.45, 2.75) is 0 Å². The molecule has 0 saturated heterocycles. The third-order valence-electron chi connectivity index (χ3n) is 2.07. The number of pyridine rings is 1. The summed E-state index contributed by atoms with van der Waals surface area (Å²) in [4.78, 5) is 13.8. The third kappa shape index (κ3) is 2.02. The summed E-state index contributed by atoms with van der Waals surface area (Å²) in [6, 6.07) is 10.1. The highest BCUT2D eigenvalue weighted by molar-refractivity contribution is 6.31. The van der Waals surface area contributed by atoms with Gasteiger partial charge in [0.15, 0.2) is 0 Å². The second-order valence-corrected chi connectivity index (χ2v) is 3.60. The predicted molar refractivity (Wildman–Crippen MR) is 61.9 cm³/mol. The Kier molecular flexibility index (Phi) is 2.47. The van der Waals surface area contributed by atoms with Crippen molar-refractivity contribution in [3.63, 3.8) is 0 Å². The maximum atomic E-state index is 11.1. The van der Waals surface area contributed by atoms with Gasteiger partial charge >= 0.3 is 0 Å². The predicted octanol–water partition coefficient (Wildman–Crippen LogP) is 2.28. The Morgan fingerprint density at radius 1 is 1.20 bits per heavy atom. The summed E-state index contributed by atoms with van der Waals surface area (Å²) in [5.41, 5.74) is 7.62. The number of hydrogen-bond acceptors (Lipinski definition) is 2. The minimum atomic E-state index is -0.160. The molecule has 0 aliphatic heterocycles. The van der Waals surface area contributed by atoms with E-state index < -0.39 is 0 Å². The molecule has 4 heteroatoms. The van der Waals surface area contributed by atoms with Crippen LogP contribution in [0.1, 0.15) is 0 Å². The molecule has 3 nitrogen and oxygen atoms in total. The molecule has 1 heterocycles. The summed E-state index contributed by atoms with van der Waals surface area (Å²) in [5, 5.41) is 0.587. The zero-order valence-corrected chi connectivity index (χ0v) is 8.58. The lowest BCUT2D eigenvalue weighted by Gasteiger charge is -2.05. The van der Waals surface area contributed by atoms with Crippen molar-refractivity contribution in [1.82, 2.24) is 4.98 Å². The molecule has 76 valence electrons. The number of H-pyrrole nitrogens is 1. The molecule has 15 heavy (non-hydrogen) atoms. The van der Waals surface area contributed by atoms with Crippen molar-refractivity contribution < 1.29 is 0 Å². The molecule has 0 aliphatic rings. The summed E-state index contributed by atoms with van der Waals surface area (Å²) in [6.45, 7) is 0.